The van der Waals surface area contributed by atoms with Crippen LogP contribution >= 0.6 is 11.3 Å². The van der Waals surface area contributed by atoms with Crippen molar-refractivity contribution < 1.29 is 23.0 Å². The number of piperazine rings is 1. The minimum atomic E-state index is -0.794. The second kappa shape index (κ2) is 9.52. The Morgan fingerprint density at radius 2 is 1.98 bits per heavy atom. The second-order valence-electron chi connectivity index (χ2n) is 11.9. The van der Waals surface area contributed by atoms with Crippen LogP contribution in [0, 0.1) is 23.0 Å². The lowest BCUT2D eigenvalue weighted by Gasteiger charge is -2.32. The molecule has 0 aliphatic carbocycles. The van der Waals surface area contributed by atoms with Crippen LogP contribution in [0.3, 0.4) is 0 Å². The number of pyridine rings is 1. The Morgan fingerprint density at radius 1 is 1.19 bits per heavy atom. The summed E-state index contributed by atoms with van der Waals surface area (Å²) < 4.78 is 43.0. The molecular weight excluding hydrogens is 564 g/mol. The summed E-state index contributed by atoms with van der Waals surface area (Å²) in [6, 6.07) is 2.73. The molecule has 2 fully saturated rings. The van der Waals surface area contributed by atoms with Crippen molar-refractivity contribution >= 4 is 49.4 Å². The van der Waals surface area contributed by atoms with Gasteiger partial charge in [0.2, 0.25) is 5.95 Å². The number of ether oxygens (including phenoxy) is 2. The SMILES string of the molecule is CN1C[C@@H]2C[C@H]1CN2c1ncc2c3c(c(-c4ncc(F)c5sc(NC(=O)OC(C)(C)C)c(C#N)c45)c(F)c2n1)COC3. The van der Waals surface area contributed by atoms with Gasteiger partial charge in [0.1, 0.15) is 22.2 Å². The van der Waals surface area contributed by atoms with Crippen molar-refractivity contribution in [2.75, 3.05) is 30.4 Å². The first kappa shape index (κ1) is 26.9. The first-order valence-corrected chi connectivity index (χ1v) is 14.4. The van der Waals surface area contributed by atoms with Gasteiger partial charge in [-0.1, -0.05) is 0 Å². The number of hydrogen-bond acceptors (Lipinski definition) is 10. The molecular formula is C29H27F2N7O3S. The van der Waals surface area contributed by atoms with Crippen molar-refractivity contribution in [1.82, 2.24) is 19.9 Å². The normalized spacial score (nSPS) is 20.0. The Labute approximate surface area is 243 Å². The van der Waals surface area contributed by atoms with E-state index in [4.69, 9.17) is 14.5 Å². The van der Waals surface area contributed by atoms with Crippen molar-refractivity contribution in [2.24, 2.45) is 0 Å². The van der Waals surface area contributed by atoms with E-state index in [1.807, 2.05) is 0 Å². The average molecular weight is 592 g/mol. The van der Waals surface area contributed by atoms with Crippen molar-refractivity contribution in [3.05, 3.63) is 40.7 Å². The number of aromatic nitrogens is 3. The highest BCUT2D eigenvalue weighted by Crippen LogP contribution is 2.46. The summed E-state index contributed by atoms with van der Waals surface area (Å²) in [4.78, 5) is 30.6. The highest BCUT2D eigenvalue weighted by molar-refractivity contribution is 7.23. The molecule has 2 atom stereocenters. The first-order chi connectivity index (χ1) is 20.0. The Kier molecular flexibility index (Phi) is 6.09. The van der Waals surface area contributed by atoms with E-state index in [0.717, 1.165) is 42.6 Å². The number of nitrogens with zero attached hydrogens (tertiary/aromatic N) is 6. The molecule has 2 bridgehead atoms. The van der Waals surface area contributed by atoms with Crippen LogP contribution in [0.2, 0.25) is 0 Å². The van der Waals surface area contributed by atoms with Crippen LogP contribution < -0.4 is 10.2 Å². The quantitative estimate of drug-likeness (QED) is 0.338. The summed E-state index contributed by atoms with van der Waals surface area (Å²) in [6.07, 6.45) is 2.87. The largest absolute Gasteiger partial charge is 0.444 e. The van der Waals surface area contributed by atoms with Crippen LogP contribution in [0.25, 0.3) is 32.2 Å². The molecule has 42 heavy (non-hydrogen) atoms. The van der Waals surface area contributed by atoms with Crippen LogP contribution in [-0.4, -0.2) is 63.8 Å². The molecule has 10 nitrogen and oxygen atoms in total. The number of anilines is 2. The summed E-state index contributed by atoms with van der Waals surface area (Å²) >= 11 is 0.868. The fraction of sp³-hybridized carbons (Fsp3) is 0.414. The van der Waals surface area contributed by atoms with E-state index >= 15 is 8.78 Å². The molecule has 216 valence electrons. The number of nitrogens with one attached hydrogen (secondary N) is 1. The molecule has 0 unspecified atom stereocenters. The van der Waals surface area contributed by atoms with Crippen molar-refractivity contribution in [3.63, 3.8) is 0 Å². The molecule has 7 rings (SSSR count). The molecule has 0 saturated carbocycles. The fourth-order valence-corrected chi connectivity index (χ4v) is 7.29. The molecule has 4 aromatic rings. The average Bonchev–Trinajstić information content (AvgIpc) is 3.71. The molecule has 1 amide bonds. The number of nitriles is 1. The zero-order valence-electron chi connectivity index (χ0n) is 23.4. The molecule has 0 spiro atoms. The highest BCUT2D eigenvalue weighted by Gasteiger charge is 2.43. The van der Waals surface area contributed by atoms with E-state index < -0.39 is 23.3 Å². The van der Waals surface area contributed by atoms with Gasteiger partial charge in [-0.05, 0) is 45.4 Å². The van der Waals surface area contributed by atoms with Gasteiger partial charge in [0.15, 0.2) is 11.6 Å². The van der Waals surface area contributed by atoms with Crippen molar-refractivity contribution in [2.45, 2.75) is 58.1 Å². The number of rotatable bonds is 3. The molecule has 2 saturated heterocycles. The van der Waals surface area contributed by atoms with Gasteiger partial charge in [-0.25, -0.2) is 23.5 Å². The van der Waals surface area contributed by atoms with E-state index in [9.17, 15) is 10.1 Å². The summed E-state index contributed by atoms with van der Waals surface area (Å²) in [6.45, 7) is 7.11. The molecule has 0 radical (unpaired) electrons. The summed E-state index contributed by atoms with van der Waals surface area (Å²) in [5, 5.41) is 13.4. The highest BCUT2D eigenvalue weighted by atomic mass is 32.1. The zero-order valence-corrected chi connectivity index (χ0v) is 24.2. The van der Waals surface area contributed by atoms with E-state index in [-0.39, 0.29) is 56.7 Å². The van der Waals surface area contributed by atoms with Crippen LogP contribution in [0.15, 0.2) is 12.4 Å². The summed E-state index contributed by atoms with van der Waals surface area (Å²) in [7, 11) is 2.10. The number of likely N-dealkylation sites (tertiary alicyclic amines) is 1. The van der Waals surface area contributed by atoms with Crippen molar-refractivity contribution in [1.29, 1.82) is 5.26 Å². The van der Waals surface area contributed by atoms with Crippen LogP contribution in [0.4, 0.5) is 24.5 Å². The molecule has 1 aromatic carbocycles. The molecule has 13 heteroatoms. The maximum absolute atomic E-state index is 16.7. The number of carbonyl (C=O) groups excluding carboxylic acids is 1. The molecule has 3 aliphatic heterocycles. The summed E-state index contributed by atoms with van der Waals surface area (Å²) in [5.74, 6) is -0.877. The third-order valence-corrected chi connectivity index (χ3v) is 9.20. The number of hydrogen-bond donors (Lipinski definition) is 1. The summed E-state index contributed by atoms with van der Waals surface area (Å²) in [5.41, 5.74) is 0.771. The van der Waals surface area contributed by atoms with Gasteiger partial charge in [-0.3, -0.25) is 15.2 Å². The lowest BCUT2D eigenvalue weighted by atomic mass is 9.94. The Morgan fingerprint density at radius 3 is 2.67 bits per heavy atom. The minimum Gasteiger partial charge on any atom is -0.444 e. The van der Waals surface area contributed by atoms with Crippen LogP contribution in [0.5, 0.6) is 0 Å². The number of benzene rings is 1. The van der Waals surface area contributed by atoms with Gasteiger partial charge >= 0.3 is 6.09 Å². The van der Waals surface area contributed by atoms with Crippen LogP contribution in [0.1, 0.15) is 43.9 Å². The van der Waals surface area contributed by atoms with E-state index in [0.29, 0.717) is 22.9 Å². The standard InChI is InChI=1S/C29H27F2N7O3S/c1-29(2,3)41-28(39)36-26-15(6-32)21-24(33-8-19(30)25(21)42-26)20-18-12-40-11-17(18)16-7-34-27(35-23(16)22(20)31)38-10-13-5-14(38)9-37(13)4/h7-8,13-14H,5,9-12H2,1-4H3,(H,36,39)/t13-,14-/m0/s1. The van der Waals surface area contributed by atoms with Crippen molar-refractivity contribution in [3.8, 4) is 17.3 Å². The van der Waals surface area contributed by atoms with Gasteiger partial charge in [0, 0.05) is 47.7 Å². The monoisotopic (exact) mass is 591 g/mol. The molecule has 3 aliphatic rings. The molecule has 6 heterocycles. The third-order valence-electron chi connectivity index (χ3n) is 8.09. The van der Waals surface area contributed by atoms with E-state index in [1.165, 1.54) is 0 Å². The lowest BCUT2D eigenvalue weighted by molar-refractivity contribution is 0.0636. The zero-order chi connectivity index (χ0) is 29.5. The number of thiophene rings is 1. The lowest BCUT2D eigenvalue weighted by Crippen LogP contribution is -2.45. The Hall–Kier alpha value is -3.99. The number of carbonyl (C=O) groups is 1. The van der Waals surface area contributed by atoms with Gasteiger partial charge in [0.25, 0.3) is 0 Å². The number of likely N-dealkylation sites (N-methyl/N-ethyl adjacent to an activating group) is 1. The maximum Gasteiger partial charge on any atom is 0.412 e. The second-order valence-corrected chi connectivity index (χ2v) is 12.9. The van der Waals surface area contributed by atoms with Gasteiger partial charge in [-0.2, -0.15) is 5.26 Å². The predicted octanol–water partition coefficient (Wildman–Crippen LogP) is 5.33. The van der Waals surface area contributed by atoms with E-state index in [1.54, 1.807) is 27.0 Å². The maximum atomic E-state index is 16.7. The Bertz CT molecular complexity index is 1850. The number of fused-ring (bicyclic) bond motifs is 6. The smallest absolute Gasteiger partial charge is 0.412 e. The molecule has 3 aromatic heterocycles. The molecule has 1 N–H and O–H groups in total. The Balaban J connectivity index is 1.41. The van der Waals surface area contributed by atoms with Gasteiger partial charge in [0.05, 0.1) is 35.4 Å². The van der Waals surface area contributed by atoms with Gasteiger partial charge < -0.3 is 14.4 Å². The third kappa shape index (κ3) is 4.16. The fourth-order valence-electron chi connectivity index (χ4n) is 6.25. The number of halogens is 2. The minimum absolute atomic E-state index is 0.0318. The number of amides is 1. The predicted molar refractivity (Wildman–Crippen MR) is 153 cm³/mol. The van der Waals surface area contributed by atoms with Crippen LogP contribution in [-0.2, 0) is 22.7 Å². The first-order valence-electron chi connectivity index (χ1n) is 13.6. The topological polar surface area (TPSA) is 116 Å². The van der Waals surface area contributed by atoms with Gasteiger partial charge in [-0.15, -0.1) is 11.3 Å². The van der Waals surface area contributed by atoms with E-state index in [2.05, 4.69) is 38.2 Å².